The lowest BCUT2D eigenvalue weighted by atomic mass is 9.73. The highest BCUT2D eigenvalue weighted by atomic mass is 16.7. The van der Waals surface area contributed by atoms with Crippen LogP contribution in [0.1, 0.15) is 88.0 Å². The van der Waals surface area contributed by atoms with E-state index in [0.717, 1.165) is 5.57 Å². The molecule has 3 rings (SSSR count). The molecule has 0 amide bonds. The van der Waals surface area contributed by atoms with Crippen molar-refractivity contribution in [3.8, 4) is 0 Å². The summed E-state index contributed by atoms with van der Waals surface area (Å²) in [6, 6.07) is 0.0973. The Kier molecular flexibility index (Phi) is 13.7. The maximum Gasteiger partial charge on any atom is 0.309 e. The standard InChI is InChI=1S/C36H61NO8/c1-13-29-27-18-42-35(40)25(8)31(27)19(2)14-15-28(38)21(4)16-22(5)33(23(6)20(3)17-30(39)44-29)45-36-34(41-12)32(37(10)11)24(7)26(9)43-36/h14,20-27,29,31-34,36H,13,15-18H2,1-12H3/b19-14+/t20-,21-,22+,23+,24?,25?,26?,27-,29-,31?,32?,33+,34?,36?/m1/s1. The zero-order chi connectivity index (χ0) is 33.7. The molecule has 0 spiro atoms. The van der Waals surface area contributed by atoms with Crippen molar-refractivity contribution in [2.24, 2.45) is 47.3 Å². The number of rotatable bonds is 5. The highest BCUT2D eigenvalue weighted by Crippen LogP contribution is 2.40. The predicted octanol–water partition coefficient (Wildman–Crippen LogP) is 5.69. The third kappa shape index (κ3) is 8.76. The average Bonchev–Trinajstić information content (AvgIpc) is 2.98. The Morgan fingerprint density at radius 1 is 0.956 bits per heavy atom. The van der Waals surface area contributed by atoms with Crippen LogP contribution in [0, 0.1) is 47.3 Å². The SMILES string of the molecule is CC[C@H]1OC(=O)C[C@@H](C)[C@H](C)[C@@H](OC2OC(C)C(C)C(N(C)C)C2OC)[C@@H](C)C[C@@H](C)C(=O)C/C=C(\C)C2C(C)C(=O)OC[C@@H]21. The number of cyclic esters (lactones) is 2. The first kappa shape index (κ1) is 37.6. The molecular formula is C36H61NO8. The smallest absolute Gasteiger partial charge is 0.309 e. The van der Waals surface area contributed by atoms with E-state index in [1.165, 1.54) is 0 Å². The number of Topliss-reactive ketones (excluding diaryl/α,β-unsaturated/α-hetero) is 1. The second-order valence-electron chi connectivity index (χ2n) is 14.6. The molecule has 3 aliphatic rings. The van der Waals surface area contributed by atoms with Crippen LogP contribution in [0.15, 0.2) is 11.6 Å². The fourth-order valence-electron chi connectivity index (χ4n) is 8.09. The van der Waals surface area contributed by atoms with Gasteiger partial charge in [-0.1, -0.05) is 60.1 Å². The number of esters is 2. The molecule has 0 N–H and O–H groups in total. The van der Waals surface area contributed by atoms with Crippen molar-refractivity contribution in [2.75, 3.05) is 27.8 Å². The molecule has 0 radical (unpaired) electrons. The summed E-state index contributed by atoms with van der Waals surface area (Å²) in [5.74, 6) is -1.11. The number of nitrogens with zero attached hydrogens (tertiary/aromatic N) is 1. The number of hydrogen-bond donors (Lipinski definition) is 0. The van der Waals surface area contributed by atoms with Gasteiger partial charge < -0.3 is 28.6 Å². The normalized spacial score (nSPS) is 44.0. The molecular weight excluding hydrogens is 574 g/mol. The number of carbonyl (C=O) groups excluding carboxylic acids is 3. The van der Waals surface area contributed by atoms with Gasteiger partial charge in [-0.3, -0.25) is 14.4 Å². The molecule has 258 valence electrons. The number of likely N-dealkylation sites (N-methyl/N-ethyl adjacent to an activating group) is 1. The zero-order valence-electron chi connectivity index (χ0n) is 29.9. The molecule has 0 aromatic carbocycles. The summed E-state index contributed by atoms with van der Waals surface area (Å²) in [5, 5.41) is 0. The fraction of sp³-hybridized carbons (Fsp3) is 0.861. The first-order chi connectivity index (χ1) is 21.1. The molecule has 0 aliphatic carbocycles. The Morgan fingerprint density at radius 2 is 1.62 bits per heavy atom. The van der Waals surface area contributed by atoms with Gasteiger partial charge in [0.1, 0.15) is 18.0 Å². The monoisotopic (exact) mass is 635 g/mol. The van der Waals surface area contributed by atoms with Crippen LogP contribution in [0.5, 0.6) is 0 Å². The minimum atomic E-state index is -0.595. The number of ketones is 1. The van der Waals surface area contributed by atoms with E-state index in [2.05, 4.69) is 53.6 Å². The van der Waals surface area contributed by atoms with Gasteiger partial charge >= 0.3 is 11.9 Å². The van der Waals surface area contributed by atoms with Gasteiger partial charge in [0.25, 0.3) is 0 Å². The summed E-state index contributed by atoms with van der Waals surface area (Å²) in [7, 11) is 5.81. The van der Waals surface area contributed by atoms with E-state index in [1.807, 2.05) is 33.8 Å². The summed E-state index contributed by atoms with van der Waals surface area (Å²) in [6.07, 6.45) is 2.11. The number of ether oxygens (including phenoxy) is 5. The molecule has 0 bridgehead atoms. The van der Waals surface area contributed by atoms with Crippen molar-refractivity contribution < 1.29 is 38.1 Å². The Hall–Kier alpha value is -1.81. The van der Waals surface area contributed by atoms with Crippen molar-refractivity contribution in [3.63, 3.8) is 0 Å². The van der Waals surface area contributed by atoms with Crippen LogP contribution in [0.2, 0.25) is 0 Å². The van der Waals surface area contributed by atoms with Gasteiger partial charge in [0, 0.05) is 49.7 Å². The molecule has 3 heterocycles. The minimum absolute atomic E-state index is 0.00452. The minimum Gasteiger partial charge on any atom is -0.465 e. The summed E-state index contributed by atoms with van der Waals surface area (Å²) < 4.78 is 31.1. The van der Waals surface area contributed by atoms with Crippen LogP contribution in [-0.4, -0.2) is 87.2 Å². The van der Waals surface area contributed by atoms with Crippen LogP contribution in [0.3, 0.4) is 0 Å². The van der Waals surface area contributed by atoms with Crippen molar-refractivity contribution in [1.82, 2.24) is 4.90 Å². The molecule has 45 heavy (non-hydrogen) atoms. The van der Waals surface area contributed by atoms with Gasteiger partial charge in [-0.2, -0.15) is 0 Å². The van der Waals surface area contributed by atoms with Gasteiger partial charge in [0.05, 0.1) is 24.7 Å². The van der Waals surface area contributed by atoms with E-state index >= 15 is 0 Å². The number of hydrogen-bond acceptors (Lipinski definition) is 9. The molecule has 7 unspecified atom stereocenters. The molecule has 9 nitrogen and oxygen atoms in total. The van der Waals surface area contributed by atoms with Gasteiger partial charge in [0.2, 0.25) is 0 Å². The number of methoxy groups -OCH3 is 1. The van der Waals surface area contributed by atoms with Gasteiger partial charge in [0.15, 0.2) is 6.29 Å². The van der Waals surface area contributed by atoms with Crippen molar-refractivity contribution in [2.45, 2.75) is 125 Å². The Morgan fingerprint density at radius 3 is 2.22 bits per heavy atom. The molecule has 14 atom stereocenters. The maximum absolute atomic E-state index is 13.5. The third-order valence-corrected chi connectivity index (χ3v) is 11.2. The number of allylic oxidation sites excluding steroid dienone is 2. The lowest BCUT2D eigenvalue weighted by molar-refractivity contribution is -0.297. The summed E-state index contributed by atoms with van der Waals surface area (Å²) in [6.45, 7) is 18.6. The molecule has 0 saturated carbocycles. The van der Waals surface area contributed by atoms with Crippen LogP contribution >= 0.6 is 0 Å². The molecule has 2 fully saturated rings. The molecule has 0 aromatic rings. The number of carbonyl (C=O) groups is 3. The fourth-order valence-corrected chi connectivity index (χ4v) is 8.09. The van der Waals surface area contributed by atoms with E-state index in [4.69, 9.17) is 23.7 Å². The van der Waals surface area contributed by atoms with E-state index in [0.29, 0.717) is 12.8 Å². The first-order valence-corrected chi connectivity index (χ1v) is 17.2. The van der Waals surface area contributed by atoms with Gasteiger partial charge in [-0.15, -0.1) is 0 Å². The highest BCUT2D eigenvalue weighted by molar-refractivity contribution is 5.82. The quantitative estimate of drug-likeness (QED) is 0.279. The highest BCUT2D eigenvalue weighted by Gasteiger charge is 2.47. The third-order valence-electron chi connectivity index (χ3n) is 11.2. The second-order valence-corrected chi connectivity index (χ2v) is 14.6. The second kappa shape index (κ2) is 16.3. The molecule has 3 aliphatic heterocycles. The Labute approximate surface area is 272 Å². The lowest BCUT2D eigenvalue weighted by Gasteiger charge is -2.48. The summed E-state index contributed by atoms with van der Waals surface area (Å²) in [5.41, 5.74) is 0.974. The van der Waals surface area contributed by atoms with Crippen LogP contribution in [-0.2, 0) is 38.1 Å². The summed E-state index contributed by atoms with van der Waals surface area (Å²) in [4.78, 5) is 41.8. The van der Waals surface area contributed by atoms with Gasteiger partial charge in [-0.25, -0.2) is 0 Å². The maximum atomic E-state index is 13.5. The van der Waals surface area contributed by atoms with Gasteiger partial charge in [-0.05, 0) is 58.5 Å². The van der Waals surface area contributed by atoms with Crippen LogP contribution in [0.25, 0.3) is 0 Å². The topological polar surface area (TPSA) is 101 Å². The van der Waals surface area contributed by atoms with Crippen molar-refractivity contribution in [1.29, 1.82) is 0 Å². The molecule has 9 heteroatoms. The lowest BCUT2D eigenvalue weighted by Crippen LogP contribution is -2.60. The first-order valence-electron chi connectivity index (χ1n) is 17.2. The van der Waals surface area contributed by atoms with E-state index in [1.54, 1.807) is 7.11 Å². The van der Waals surface area contributed by atoms with E-state index in [9.17, 15) is 14.4 Å². The van der Waals surface area contributed by atoms with E-state index < -0.39 is 12.4 Å². The molecule has 2 saturated heterocycles. The Balaban J connectivity index is 1.96. The van der Waals surface area contributed by atoms with E-state index in [-0.39, 0.29) is 109 Å². The predicted molar refractivity (Wildman–Crippen MR) is 173 cm³/mol. The van der Waals surface area contributed by atoms with Crippen LogP contribution in [0.4, 0.5) is 0 Å². The average molecular weight is 636 g/mol. The van der Waals surface area contributed by atoms with Crippen LogP contribution < -0.4 is 0 Å². The molecule has 0 aromatic heterocycles. The zero-order valence-corrected chi connectivity index (χ0v) is 29.9. The summed E-state index contributed by atoms with van der Waals surface area (Å²) >= 11 is 0. The van der Waals surface area contributed by atoms with Crippen molar-refractivity contribution >= 4 is 17.7 Å². The van der Waals surface area contributed by atoms with Crippen molar-refractivity contribution in [3.05, 3.63) is 11.6 Å². The number of fused-ring (bicyclic) bond motifs is 1. The Bertz CT molecular complexity index is 1040. The largest absolute Gasteiger partial charge is 0.465 e.